The quantitative estimate of drug-likeness (QED) is 0.671. The highest BCUT2D eigenvalue weighted by atomic mass is 32.2. The summed E-state index contributed by atoms with van der Waals surface area (Å²) in [6, 6.07) is 2.63. The lowest BCUT2D eigenvalue weighted by molar-refractivity contribution is 0.474. The Kier molecular flexibility index (Phi) is 1.99. The van der Waals surface area contributed by atoms with Crippen LogP contribution in [0.25, 0.3) is 10.9 Å². The van der Waals surface area contributed by atoms with Crippen molar-refractivity contribution >= 4 is 20.9 Å². The van der Waals surface area contributed by atoms with E-state index in [0.29, 0.717) is 10.9 Å². The topological polar surface area (TPSA) is 96.2 Å². The summed E-state index contributed by atoms with van der Waals surface area (Å²) in [6.45, 7) is 1.81. The predicted octanol–water partition coefficient (Wildman–Crippen LogP) is 0.829. The number of sulfonamides is 1. The van der Waals surface area contributed by atoms with Crippen LogP contribution in [0.5, 0.6) is 5.75 Å². The van der Waals surface area contributed by atoms with E-state index in [9.17, 15) is 13.5 Å². The van der Waals surface area contributed by atoms with E-state index in [1.165, 1.54) is 6.07 Å². The van der Waals surface area contributed by atoms with Gasteiger partial charge >= 0.3 is 0 Å². The number of H-pyrrole nitrogens is 1. The fourth-order valence-electron chi connectivity index (χ4n) is 1.54. The maximum absolute atomic E-state index is 11.3. The van der Waals surface area contributed by atoms with Crippen molar-refractivity contribution in [3.05, 3.63) is 23.9 Å². The molecule has 80 valence electrons. The summed E-state index contributed by atoms with van der Waals surface area (Å²) < 4.78 is 22.5. The number of phenolic OH excluding ortho intramolecular Hbond substituents is 1. The van der Waals surface area contributed by atoms with Crippen molar-refractivity contribution < 1.29 is 13.5 Å². The summed E-state index contributed by atoms with van der Waals surface area (Å²) in [7, 11) is -3.83. The molecule has 0 saturated carbocycles. The first-order valence-corrected chi connectivity index (χ1v) is 5.78. The summed E-state index contributed by atoms with van der Waals surface area (Å²) in [5, 5.41) is 15.1. The van der Waals surface area contributed by atoms with Gasteiger partial charge in [-0.25, -0.2) is 13.6 Å². The summed E-state index contributed by atoms with van der Waals surface area (Å²) in [5.74, 6) is -0.116. The highest BCUT2D eigenvalue weighted by Crippen LogP contribution is 2.28. The number of rotatable bonds is 1. The molecule has 0 spiro atoms. The molecule has 0 fully saturated rings. The molecule has 15 heavy (non-hydrogen) atoms. The third kappa shape index (κ3) is 1.57. The van der Waals surface area contributed by atoms with E-state index in [0.717, 1.165) is 11.6 Å². The van der Waals surface area contributed by atoms with Crippen LogP contribution in [-0.4, -0.2) is 18.5 Å². The average molecular weight is 226 g/mol. The van der Waals surface area contributed by atoms with Crippen LogP contribution in [0.15, 0.2) is 23.2 Å². The zero-order valence-electron chi connectivity index (χ0n) is 7.98. The van der Waals surface area contributed by atoms with E-state index in [1.807, 2.05) is 6.92 Å². The van der Waals surface area contributed by atoms with Crippen LogP contribution in [0.2, 0.25) is 0 Å². The minimum atomic E-state index is -3.83. The van der Waals surface area contributed by atoms with Crippen LogP contribution < -0.4 is 5.14 Å². The van der Waals surface area contributed by atoms with E-state index < -0.39 is 10.0 Å². The molecule has 2 rings (SSSR count). The minimum Gasteiger partial charge on any atom is -0.508 e. The average Bonchev–Trinajstić information content (AvgIpc) is 2.45. The Morgan fingerprint density at radius 2 is 2.07 bits per heavy atom. The normalized spacial score (nSPS) is 12.1. The molecule has 0 aliphatic rings. The molecule has 2 aromatic rings. The Morgan fingerprint density at radius 3 is 2.67 bits per heavy atom. The Bertz CT molecular complexity index is 628. The SMILES string of the molecule is Cc1c[nH]c2c(S(N)(=O)=O)cc(O)cc12. The number of hydrogen-bond donors (Lipinski definition) is 3. The van der Waals surface area contributed by atoms with E-state index in [4.69, 9.17) is 5.14 Å². The summed E-state index contributed by atoms with van der Waals surface area (Å²) in [6.07, 6.45) is 1.67. The number of phenols is 1. The molecule has 1 aromatic carbocycles. The third-order valence-electron chi connectivity index (χ3n) is 2.25. The number of primary sulfonamides is 1. The van der Waals surface area contributed by atoms with Gasteiger partial charge in [-0.15, -0.1) is 0 Å². The third-order valence-corrected chi connectivity index (χ3v) is 3.19. The fraction of sp³-hybridized carbons (Fsp3) is 0.111. The first-order valence-electron chi connectivity index (χ1n) is 4.23. The Labute approximate surface area is 86.6 Å². The van der Waals surface area contributed by atoms with Crippen LogP contribution in [-0.2, 0) is 10.0 Å². The number of nitrogens with two attached hydrogens (primary N) is 1. The predicted molar refractivity (Wildman–Crippen MR) is 56.1 cm³/mol. The number of aromatic hydroxyl groups is 1. The first kappa shape index (κ1) is 10.0. The van der Waals surface area contributed by atoms with Gasteiger partial charge in [0.15, 0.2) is 0 Å². The van der Waals surface area contributed by atoms with Gasteiger partial charge in [0, 0.05) is 17.6 Å². The van der Waals surface area contributed by atoms with Crippen LogP contribution in [0, 0.1) is 6.92 Å². The molecule has 1 aromatic heterocycles. The maximum Gasteiger partial charge on any atom is 0.240 e. The molecule has 0 saturated heterocycles. The van der Waals surface area contributed by atoms with Crippen molar-refractivity contribution in [3.63, 3.8) is 0 Å². The summed E-state index contributed by atoms with van der Waals surface area (Å²) in [5.41, 5.74) is 1.28. The number of aromatic amines is 1. The van der Waals surface area contributed by atoms with Gasteiger partial charge in [-0.05, 0) is 18.6 Å². The zero-order chi connectivity index (χ0) is 11.2. The van der Waals surface area contributed by atoms with Gasteiger partial charge in [0.25, 0.3) is 0 Å². The summed E-state index contributed by atoms with van der Waals surface area (Å²) >= 11 is 0. The number of benzene rings is 1. The van der Waals surface area contributed by atoms with Crippen molar-refractivity contribution in [1.29, 1.82) is 0 Å². The second-order valence-electron chi connectivity index (χ2n) is 3.38. The maximum atomic E-state index is 11.3. The molecule has 0 aliphatic carbocycles. The standard InChI is InChI=1S/C9H10N2O3S/c1-5-4-11-9-7(5)2-6(12)3-8(9)15(10,13)14/h2-4,11-12H,1H3,(H2,10,13,14). The van der Waals surface area contributed by atoms with Crippen molar-refractivity contribution in [3.8, 4) is 5.75 Å². The van der Waals surface area contributed by atoms with Crippen molar-refractivity contribution in [1.82, 2.24) is 4.98 Å². The molecule has 0 radical (unpaired) electrons. The van der Waals surface area contributed by atoms with Gasteiger partial charge in [-0.2, -0.15) is 0 Å². The van der Waals surface area contributed by atoms with Gasteiger partial charge in [0.2, 0.25) is 10.0 Å². The number of hydrogen-bond acceptors (Lipinski definition) is 3. The largest absolute Gasteiger partial charge is 0.508 e. The highest BCUT2D eigenvalue weighted by Gasteiger charge is 2.16. The van der Waals surface area contributed by atoms with Crippen molar-refractivity contribution in [2.75, 3.05) is 0 Å². The molecule has 6 heteroatoms. The monoisotopic (exact) mass is 226 g/mol. The first-order chi connectivity index (χ1) is 6.89. The van der Waals surface area contributed by atoms with Crippen LogP contribution in [0.4, 0.5) is 0 Å². The van der Waals surface area contributed by atoms with Crippen molar-refractivity contribution in [2.24, 2.45) is 5.14 Å². The van der Waals surface area contributed by atoms with Gasteiger partial charge in [-0.3, -0.25) is 0 Å². The van der Waals surface area contributed by atoms with Crippen molar-refractivity contribution in [2.45, 2.75) is 11.8 Å². The molecule has 0 unspecified atom stereocenters. The zero-order valence-corrected chi connectivity index (χ0v) is 8.80. The lowest BCUT2D eigenvalue weighted by Crippen LogP contribution is -2.12. The van der Waals surface area contributed by atoms with E-state index in [2.05, 4.69) is 4.98 Å². The second-order valence-corrected chi connectivity index (χ2v) is 4.91. The van der Waals surface area contributed by atoms with Gasteiger partial charge in [0.05, 0.1) is 5.52 Å². The molecule has 0 amide bonds. The van der Waals surface area contributed by atoms with E-state index >= 15 is 0 Å². The van der Waals surface area contributed by atoms with Gasteiger partial charge < -0.3 is 10.1 Å². The smallest absolute Gasteiger partial charge is 0.240 e. The number of fused-ring (bicyclic) bond motifs is 1. The molecule has 0 bridgehead atoms. The lowest BCUT2D eigenvalue weighted by atomic mass is 10.2. The highest BCUT2D eigenvalue weighted by molar-refractivity contribution is 7.89. The number of aromatic nitrogens is 1. The molecule has 5 nitrogen and oxygen atoms in total. The molecule has 4 N–H and O–H groups in total. The Balaban J connectivity index is 2.97. The molecular weight excluding hydrogens is 216 g/mol. The van der Waals surface area contributed by atoms with Gasteiger partial charge in [0.1, 0.15) is 10.6 Å². The number of aryl methyl sites for hydroxylation is 1. The molecule has 1 heterocycles. The molecular formula is C9H10N2O3S. The molecule has 0 atom stereocenters. The second kappa shape index (κ2) is 2.98. The van der Waals surface area contributed by atoms with Crippen LogP contribution in [0.3, 0.4) is 0 Å². The van der Waals surface area contributed by atoms with E-state index in [1.54, 1.807) is 6.20 Å². The minimum absolute atomic E-state index is 0.0920. The van der Waals surface area contributed by atoms with Crippen LogP contribution in [0.1, 0.15) is 5.56 Å². The molecule has 0 aliphatic heterocycles. The van der Waals surface area contributed by atoms with Gasteiger partial charge in [-0.1, -0.05) is 0 Å². The van der Waals surface area contributed by atoms with Crippen LogP contribution >= 0.6 is 0 Å². The Hall–Kier alpha value is -1.53. The fourth-order valence-corrected chi connectivity index (χ4v) is 2.28. The number of nitrogens with one attached hydrogen (secondary N) is 1. The summed E-state index contributed by atoms with van der Waals surface area (Å²) in [4.78, 5) is 2.73. The van der Waals surface area contributed by atoms with E-state index in [-0.39, 0.29) is 10.6 Å². The Morgan fingerprint density at radius 1 is 1.40 bits per heavy atom. The lowest BCUT2D eigenvalue weighted by Gasteiger charge is -2.02.